The van der Waals surface area contributed by atoms with E-state index in [4.69, 9.17) is 18.9 Å². The predicted molar refractivity (Wildman–Crippen MR) is 131 cm³/mol. The van der Waals surface area contributed by atoms with Crippen molar-refractivity contribution in [2.24, 2.45) is 0 Å². The van der Waals surface area contributed by atoms with Gasteiger partial charge in [-0.1, -0.05) is 0 Å². The SMILES string of the molecule is COc1ccc2ncc3c(c2n1)[C@@H](CN1CCO[C@@H](CNCc2ccc4c(n2)NC(=O)CO4)C1)CO3. The van der Waals surface area contributed by atoms with Gasteiger partial charge in [0.2, 0.25) is 5.88 Å². The monoisotopic (exact) mass is 492 g/mol. The fourth-order valence-electron chi connectivity index (χ4n) is 4.94. The van der Waals surface area contributed by atoms with Crippen molar-refractivity contribution in [1.29, 1.82) is 0 Å². The Morgan fingerprint density at radius 1 is 1.19 bits per heavy atom. The van der Waals surface area contributed by atoms with Gasteiger partial charge in [0.05, 0.1) is 43.8 Å². The number of carbonyl (C=O) groups excluding carboxylic acids is 1. The second-order valence-electron chi connectivity index (χ2n) is 9.13. The third-order valence-electron chi connectivity index (χ3n) is 6.66. The molecular weight excluding hydrogens is 464 g/mol. The zero-order valence-corrected chi connectivity index (χ0v) is 20.0. The Labute approximate surface area is 208 Å². The molecule has 1 amide bonds. The number of anilines is 1. The molecule has 0 unspecified atom stereocenters. The number of hydrogen-bond acceptors (Lipinski definition) is 10. The van der Waals surface area contributed by atoms with Crippen LogP contribution in [-0.4, -0.2) is 85.0 Å². The summed E-state index contributed by atoms with van der Waals surface area (Å²) in [5.41, 5.74) is 3.63. The number of nitrogens with zero attached hydrogens (tertiary/aromatic N) is 4. The number of pyridine rings is 3. The van der Waals surface area contributed by atoms with E-state index in [2.05, 4.69) is 30.5 Å². The number of fused-ring (bicyclic) bond motifs is 4. The van der Waals surface area contributed by atoms with E-state index in [1.165, 1.54) is 0 Å². The molecule has 6 heterocycles. The standard InChI is InChI=1S/C25H28N6O5/c1-33-22-5-3-18-24(30-22)23-15(13-35-20(23)10-27-18)11-31-6-7-34-17(12-31)9-26-8-16-2-4-19-25(28-16)29-21(32)14-36-19/h2-5,10,15,17,26H,6-9,11-14H2,1H3,(H,28,29,32)/t15-,17-/m0/s1. The molecule has 188 valence electrons. The van der Waals surface area contributed by atoms with Crippen LogP contribution >= 0.6 is 0 Å². The number of ether oxygens (including phenoxy) is 4. The minimum Gasteiger partial charge on any atom is -0.491 e. The average Bonchev–Trinajstić information content (AvgIpc) is 3.31. The van der Waals surface area contributed by atoms with Crippen LogP contribution in [0, 0.1) is 0 Å². The molecule has 3 aromatic rings. The van der Waals surface area contributed by atoms with Gasteiger partial charge in [0.15, 0.2) is 18.2 Å². The first kappa shape index (κ1) is 22.9. The van der Waals surface area contributed by atoms with Gasteiger partial charge in [0.25, 0.3) is 5.91 Å². The highest BCUT2D eigenvalue weighted by Crippen LogP contribution is 2.38. The summed E-state index contributed by atoms with van der Waals surface area (Å²) in [6.07, 6.45) is 1.86. The van der Waals surface area contributed by atoms with E-state index in [0.717, 1.165) is 47.7 Å². The average molecular weight is 493 g/mol. The molecule has 0 spiro atoms. The number of morpholine rings is 1. The molecule has 1 fully saturated rings. The highest BCUT2D eigenvalue weighted by molar-refractivity contribution is 5.94. The van der Waals surface area contributed by atoms with Gasteiger partial charge in [-0.3, -0.25) is 14.7 Å². The molecule has 11 heteroatoms. The molecule has 0 aromatic carbocycles. The molecule has 2 N–H and O–H groups in total. The van der Waals surface area contributed by atoms with Crippen molar-refractivity contribution in [3.8, 4) is 17.4 Å². The van der Waals surface area contributed by atoms with Crippen LogP contribution in [0.3, 0.4) is 0 Å². The lowest BCUT2D eigenvalue weighted by molar-refractivity contribution is -0.118. The van der Waals surface area contributed by atoms with Gasteiger partial charge in [0.1, 0.15) is 11.3 Å². The van der Waals surface area contributed by atoms with Gasteiger partial charge < -0.3 is 29.6 Å². The lowest BCUT2D eigenvalue weighted by Crippen LogP contribution is -2.47. The summed E-state index contributed by atoms with van der Waals surface area (Å²) in [5, 5.41) is 6.18. The second-order valence-corrected chi connectivity index (χ2v) is 9.13. The molecular formula is C25H28N6O5. The third kappa shape index (κ3) is 4.64. The Morgan fingerprint density at radius 3 is 3.06 bits per heavy atom. The normalized spacial score (nSPS) is 21.3. The van der Waals surface area contributed by atoms with E-state index in [9.17, 15) is 4.79 Å². The zero-order valence-electron chi connectivity index (χ0n) is 20.0. The molecule has 36 heavy (non-hydrogen) atoms. The van der Waals surface area contributed by atoms with Gasteiger partial charge in [-0.15, -0.1) is 0 Å². The van der Waals surface area contributed by atoms with Crippen LogP contribution < -0.4 is 24.8 Å². The molecule has 0 saturated carbocycles. The van der Waals surface area contributed by atoms with Gasteiger partial charge in [-0.05, 0) is 18.2 Å². The maximum Gasteiger partial charge on any atom is 0.263 e. The van der Waals surface area contributed by atoms with Crippen LogP contribution in [0.25, 0.3) is 11.0 Å². The summed E-state index contributed by atoms with van der Waals surface area (Å²) >= 11 is 0. The zero-order chi connectivity index (χ0) is 24.5. The van der Waals surface area contributed by atoms with Crippen LogP contribution in [0.15, 0.2) is 30.5 Å². The highest BCUT2D eigenvalue weighted by Gasteiger charge is 2.31. The second kappa shape index (κ2) is 9.84. The van der Waals surface area contributed by atoms with Crippen molar-refractivity contribution in [2.75, 3.05) is 58.4 Å². The largest absolute Gasteiger partial charge is 0.491 e. The molecule has 2 atom stereocenters. The van der Waals surface area contributed by atoms with Crippen molar-refractivity contribution < 1.29 is 23.7 Å². The van der Waals surface area contributed by atoms with Crippen molar-refractivity contribution >= 4 is 22.8 Å². The van der Waals surface area contributed by atoms with Crippen molar-refractivity contribution in [3.05, 3.63) is 41.7 Å². The van der Waals surface area contributed by atoms with Crippen LogP contribution in [0.5, 0.6) is 17.4 Å². The van der Waals surface area contributed by atoms with Crippen LogP contribution in [-0.2, 0) is 16.1 Å². The van der Waals surface area contributed by atoms with Gasteiger partial charge in [0, 0.05) is 50.3 Å². The minimum absolute atomic E-state index is 0.0260. The van der Waals surface area contributed by atoms with Crippen molar-refractivity contribution in [1.82, 2.24) is 25.2 Å². The van der Waals surface area contributed by atoms with Crippen molar-refractivity contribution in [3.63, 3.8) is 0 Å². The van der Waals surface area contributed by atoms with Crippen molar-refractivity contribution in [2.45, 2.75) is 18.6 Å². The summed E-state index contributed by atoms with van der Waals surface area (Å²) in [4.78, 5) is 27.6. The summed E-state index contributed by atoms with van der Waals surface area (Å²) in [5.74, 6) is 2.46. The summed E-state index contributed by atoms with van der Waals surface area (Å²) in [6.45, 7) is 5.13. The molecule has 1 saturated heterocycles. The van der Waals surface area contributed by atoms with E-state index in [1.54, 1.807) is 13.3 Å². The Kier molecular flexibility index (Phi) is 6.26. The molecule has 0 bridgehead atoms. The maximum atomic E-state index is 11.5. The first-order valence-corrected chi connectivity index (χ1v) is 12.1. The lowest BCUT2D eigenvalue weighted by atomic mass is 9.99. The summed E-state index contributed by atoms with van der Waals surface area (Å²) in [6, 6.07) is 7.50. The highest BCUT2D eigenvalue weighted by atomic mass is 16.5. The number of nitrogens with one attached hydrogen (secondary N) is 2. The van der Waals surface area contributed by atoms with E-state index in [0.29, 0.717) is 43.8 Å². The minimum atomic E-state index is -0.190. The fraction of sp³-hybridized carbons (Fsp3) is 0.440. The Morgan fingerprint density at radius 2 is 2.14 bits per heavy atom. The number of hydrogen-bond donors (Lipinski definition) is 2. The van der Waals surface area contributed by atoms with Gasteiger partial charge in [-0.2, -0.15) is 0 Å². The number of rotatable bonds is 7. The molecule has 6 rings (SSSR count). The van der Waals surface area contributed by atoms with Crippen LogP contribution in [0.1, 0.15) is 17.2 Å². The predicted octanol–water partition coefficient (Wildman–Crippen LogP) is 1.33. The molecule has 11 nitrogen and oxygen atoms in total. The number of amides is 1. The van der Waals surface area contributed by atoms with E-state index in [-0.39, 0.29) is 24.5 Å². The smallest absolute Gasteiger partial charge is 0.263 e. The van der Waals surface area contributed by atoms with E-state index < -0.39 is 0 Å². The maximum absolute atomic E-state index is 11.5. The Balaban J connectivity index is 1.06. The number of carbonyl (C=O) groups is 1. The molecule has 0 aliphatic carbocycles. The van der Waals surface area contributed by atoms with Crippen LogP contribution in [0.2, 0.25) is 0 Å². The summed E-state index contributed by atoms with van der Waals surface area (Å²) < 4.78 is 22.7. The quantitative estimate of drug-likeness (QED) is 0.500. The first-order valence-electron chi connectivity index (χ1n) is 12.1. The topological polar surface area (TPSA) is 120 Å². The van der Waals surface area contributed by atoms with E-state index in [1.807, 2.05) is 24.3 Å². The Hall–Kier alpha value is -3.54. The number of methoxy groups -OCH3 is 1. The van der Waals surface area contributed by atoms with Gasteiger partial charge >= 0.3 is 0 Å². The van der Waals surface area contributed by atoms with E-state index >= 15 is 0 Å². The van der Waals surface area contributed by atoms with Crippen LogP contribution in [0.4, 0.5) is 5.82 Å². The number of aromatic nitrogens is 3. The van der Waals surface area contributed by atoms with Gasteiger partial charge in [-0.25, -0.2) is 9.97 Å². The molecule has 3 aromatic heterocycles. The fourth-order valence-corrected chi connectivity index (χ4v) is 4.94. The summed E-state index contributed by atoms with van der Waals surface area (Å²) in [7, 11) is 1.62. The third-order valence-corrected chi connectivity index (χ3v) is 6.66. The molecule has 3 aliphatic heterocycles. The molecule has 0 radical (unpaired) electrons. The first-order chi connectivity index (χ1) is 17.7. The Bertz CT molecular complexity index is 1290. The molecule has 3 aliphatic rings. The lowest BCUT2D eigenvalue weighted by Gasteiger charge is -2.34.